The van der Waals surface area contributed by atoms with Crippen LogP contribution in [0.15, 0.2) is 23.8 Å². The summed E-state index contributed by atoms with van der Waals surface area (Å²) in [6.45, 7) is 4.64. The average molecular weight is 208 g/mol. The van der Waals surface area contributed by atoms with Gasteiger partial charge in [0.05, 0.1) is 0 Å². The highest BCUT2D eigenvalue weighted by atomic mass is 32.2. The maximum atomic E-state index is 2.50. The Labute approximate surface area is 91.9 Å². The first-order chi connectivity index (χ1) is 6.72. The predicted octanol–water partition coefficient (Wildman–Crippen LogP) is 3.75. The fraction of sp³-hybridized carbons (Fsp3) is 0.692. The minimum Gasteiger partial charge on any atom is -0.165 e. The first-order valence-corrected chi connectivity index (χ1v) is 6.97. The van der Waals surface area contributed by atoms with Gasteiger partial charge in [-0.1, -0.05) is 30.7 Å². The van der Waals surface area contributed by atoms with E-state index in [1.807, 2.05) is 11.8 Å². The Hall–Kier alpha value is -0.170. The van der Waals surface area contributed by atoms with Crippen LogP contribution < -0.4 is 0 Å². The van der Waals surface area contributed by atoms with Crippen LogP contribution in [0.1, 0.15) is 20.3 Å². The standard InChI is InChI=1S/C13H20S/c1-9-4-5-12-11(8-14-3)7-10(2)13(12)6-9/h4-6,10-13H,7-8H2,1-3H3. The summed E-state index contributed by atoms with van der Waals surface area (Å²) in [7, 11) is 0. The van der Waals surface area contributed by atoms with Crippen molar-refractivity contribution in [2.24, 2.45) is 23.7 Å². The van der Waals surface area contributed by atoms with Crippen LogP contribution in [0.5, 0.6) is 0 Å². The summed E-state index contributed by atoms with van der Waals surface area (Å²) in [6, 6.07) is 0. The summed E-state index contributed by atoms with van der Waals surface area (Å²) in [5, 5.41) is 0. The molecule has 2 rings (SSSR count). The van der Waals surface area contributed by atoms with E-state index in [0.29, 0.717) is 0 Å². The Balaban J connectivity index is 2.14. The number of thioether (sulfide) groups is 1. The molecule has 0 amide bonds. The van der Waals surface area contributed by atoms with Crippen molar-refractivity contribution in [1.29, 1.82) is 0 Å². The molecule has 0 bridgehead atoms. The molecular weight excluding hydrogens is 188 g/mol. The predicted molar refractivity (Wildman–Crippen MR) is 65.5 cm³/mol. The van der Waals surface area contributed by atoms with E-state index in [-0.39, 0.29) is 0 Å². The minimum absolute atomic E-state index is 0.831. The van der Waals surface area contributed by atoms with E-state index in [0.717, 1.165) is 23.7 Å². The van der Waals surface area contributed by atoms with Crippen molar-refractivity contribution in [1.82, 2.24) is 0 Å². The van der Waals surface area contributed by atoms with E-state index in [2.05, 4.69) is 38.3 Å². The quantitative estimate of drug-likeness (QED) is 0.666. The molecule has 2 aliphatic carbocycles. The Morgan fingerprint density at radius 3 is 2.93 bits per heavy atom. The van der Waals surface area contributed by atoms with Crippen LogP contribution in [0, 0.1) is 23.7 Å². The van der Waals surface area contributed by atoms with E-state index in [1.54, 1.807) is 0 Å². The second-order valence-electron chi connectivity index (χ2n) is 4.85. The molecule has 2 aliphatic rings. The summed E-state index contributed by atoms with van der Waals surface area (Å²) < 4.78 is 0. The lowest BCUT2D eigenvalue weighted by atomic mass is 9.83. The summed E-state index contributed by atoms with van der Waals surface area (Å²) >= 11 is 2.00. The van der Waals surface area contributed by atoms with Crippen LogP contribution in [-0.4, -0.2) is 12.0 Å². The van der Waals surface area contributed by atoms with Gasteiger partial charge in [-0.25, -0.2) is 0 Å². The summed E-state index contributed by atoms with van der Waals surface area (Å²) in [4.78, 5) is 0. The van der Waals surface area contributed by atoms with Crippen molar-refractivity contribution in [3.05, 3.63) is 23.8 Å². The molecule has 0 aromatic carbocycles. The molecule has 78 valence electrons. The van der Waals surface area contributed by atoms with Gasteiger partial charge in [-0.2, -0.15) is 11.8 Å². The second-order valence-corrected chi connectivity index (χ2v) is 5.76. The maximum absolute atomic E-state index is 2.50. The highest BCUT2D eigenvalue weighted by molar-refractivity contribution is 7.98. The normalized spacial score (nSPS) is 40.9. The highest BCUT2D eigenvalue weighted by Crippen LogP contribution is 2.46. The zero-order chi connectivity index (χ0) is 10.1. The lowest BCUT2D eigenvalue weighted by molar-refractivity contribution is 0.427. The van der Waals surface area contributed by atoms with Crippen molar-refractivity contribution in [2.75, 3.05) is 12.0 Å². The smallest absolute Gasteiger partial charge is 0.00360 e. The zero-order valence-electron chi connectivity index (χ0n) is 9.36. The third kappa shape index (κ3) is 1.79. The topological polar surface area (TPSA) is 0 Å². The lowest BCUT2D eigenvalue weighted by Crippen LogP contribution is -2.16. The third-order valence-electron chi connectivity index (χ3n) is 3.74. The van der Waals surface area contributed by atoms with Gasteiger partial charge >= 0.3 is 0 Å². The SMILES string of the molecule is CSCC1CC(C)C2C=C(C)C=CC12. The zero-order valence-corrected chi connectivity index (χ0v) is 10.2. The average Bonchev–Trinajstić information content (AvgIpc) is 2.44. The summed E-state index contributed by atoms with van der Waals surface area (Å²) in [5.74, 6) is 4.81. The fourth-order valence-corrected chi connectivity index (χ4v) is 3.85. The van der Waals surface area contributed by atoms with Crippen LogP contribution in [0.3, 0.4) is 0 Å². The van der Waals surface area contributed by atoms with Gasteiger partial charge < -0.3 is 0 Å². The van der Waals surface area contributed by atoms with Crippen molar-refractivity contribution in [2.45, 2.75) is 20.3 Å². The molecule has 0 heterocycles. The molecule has 0 spiro atoms. The van der Waals surface area contributed by atoms with Crippen molar-refractivity contribution in [3.63, 3.8) is 0 Å². The number of hydrogen-bond acceptors (Lipinski definition) is 1. The number of fused-ring (bicyclic) bond motifs is 1. The molecule has 0 N–H and O–H groups in total. The largest absolute Gasteiger partial charge is 0.165 e. The number of allylic oxidation sites excluding steroid dienone is 4. The molecule has 1 heteroatoms. The second kappa shape index (κ2) is 4.14. The van der Waals surface area contributed by atoms with E-state index >= 15 is 0 Å². The van der Waals surface area contributed by atoms with Crippen molar-refractivity contribution in [3.8, 4) is 0 Å². The van der Waals surface area contributed by atoms with E-state index in [4.69, 9.17) is 0 Å². The molecule has 1 fully saturated rings. The molecule has 0 aromatic heterocycles. The van der Waals surface area contributed by atoms with E-state index < -0.39 is 0 Å². The highest BCUT2D eigenvalue weighted by Gasteiger charge is 2.38. The van der Waals surface area contributed by atoms with Gasteiger partial charge in [-0.05, 0) is 49.0 Å². The molecule has 4 atom stereocenters. The third-order valence-corrected chi connectivity index (χ3v) is 4.50. The fourth-order valence-electron chi connectivity index (χ4n) is 3.06. The lowest BCUT2D eigenvalue weighted by Gasteiger charge is -2.23. The van der Waals surface area contributed by atoms with Gasteiger partial charge in [0.1, 0.15) is 0 Å². The number of hydrogen-bond donors (Lipinski definition) is 0. The Morgan fingerprint density at radius 1 is 1.43 bits per heavy atom. The van der Waals surface area contributed by atoms with Gasteiger partial charge in [0.15, 0.2) is 0 Å². The maximum Gasteiger partial charge on any atom is -0.00360 e. The van der Waals surface area contributed by atoms with Crippen LogP contribution in [0.2, 0.25) is 0 Å². The van der Waals surface area contributed by atoms with Crippen LogP contribution >= 0.6 is 11.8 Å². The van der Waals surface area contributed by atoms with Gasteiger partial charge in [-0.15, -0.1) is 0 Å². The molecule has 0 saturated heterocycles. The Bertz CT molecular complexity index is 264. The molecular formula is C13H20S. The summed E-state index contributed by atoms with van der Waals surface area (Å²) in [6.07, 6.45) is 10.9. The van der Waals surface area contributed by atoms with Gasteiger partial charge in [0, 0.05) is 0 Å². The van der Waals surface area contributed by atoms with Gasteiger partial charge in [0.2, 0.25) is 0 Å². The molecule has 4 unspecified atom stereocenters. The van der Waals surface area contributed by atoms with E-state index in [1.165, 1.54) is 17.7 Å². The monoisotopic (exact) mass is 208 g/mol. The van der Waals surface area contributed by atoms with Crippen LogP contribution in [-0.2, 0) is 0 Å². The van der Waals surface area contributed by atoms with Crippen LogP contribution in [0.4, 0.5) is 0 Å². The molecule has 14 heavy (non-hydrogen) atoms. The van der Waals surface area contributed by atoms with Crippen molar-refractivity contribution < 1.29 is 0 Å². The van der Waals surface area contributed by atoms with Crippen molar-refractivity contribution >= 4 is 11.8 Å². The minimum atomic E-state index is 0.831. The summed E-state index contributed by atoms with van der Waals surface area (Å²) in [5.41, 5.74) is 1.46. The number of rotatable bonds is 2. The first-order valence-electron chi connectivity index (χ1n) is 5.58. The van der Waals surface area contributed by atoms with Crippen LogP contribution in [0.25, 0.3) is 0 Å². The molecule has 0 aliphatic heterocycles. The van der Waals surface area contributed by atoms with Gasteiger partial charge in [0.25, 0.3) is 0 Å². The Kier molecular flexibility index (Phi) is 3.06. The molecule has 0 radical (unpaired) electrons. The molecule has 0 aromatic rings. The Morgan fingerprint density at radius 2 is 2.21 bits per heavy atom. The van der Waals surface area contributed by atoms with E-state index in [9.17, 15) is 0 Å². The molecule has 1 saturated carbocycles. The van der Waals surface area contributed by atoms with Gasteiger partial charge in [-0.3, -0.25) is 0 Å². The molecule has 0 nitrogen and oxygen atoms in total. The first kappa shape index (κ1) is 10.4.